The topological polar surface area (TPSA) is 87.3 Å². The molecule has 0 aromatic heterocycles. The molecule has 3 N–H and O–H groups in total. The molecular weight excluding hydrogens is 418 g/mol. The number of amides is 1. The van der Waals surface area contributed by atoms with Crippen LogP contribution in [0, 0.1) is 5.92 Å². The van der Waals surface area contributed by atoms with Gasteiger partial charge in [0.05, 0.1) is 15.5 Å². The van der Waals surface area contributed by atoms with E-state index in [1.807, 2.05) is 0 Å². The van der Waals surface area contributed by atoms with Crippen LogP contribution in [0.15, 0.2) is 23.1 Å². The Hall–Kier alpha value is -1.07. The van der Waals surface area contributed by atoms with Gasteiger partial charge in [0.15, 0.2) is 0 Å². The van der Waals surface area contributed by atoms with Crippen LogP contribution in [0.25, 0.3) is 0 Å². The molecule has 1 heterocycles. The van der Waals surface area contributed by atoms with Gasteiger partial charge < -0.3 is 10.6 Å². The van der Waals surface area contributed by atoms with Crippen LogP contribution in [0.4, 0.5) is 13.2 Å². The van der Waals surface area contributed by atoms with E-state index < -0.39 is 31.7 Å². The highest BCUT2D eigenvalue weighted by atomic mass is 35.5. The normalized spacial score (nSPS) is 15.1. The maximum Gasteiger partial charge on any atom is 0.417 e. The highest BCUT2D eigenvalue weighted by Gasteiger charge is 2.34. The van der Waals surface area contributed by atoms with Crippen molar-refractivity contribution < 1.29 is 26.4 Å². The smallest absolute Gasteiger partial charge is 0.356 e. The first-order valence-corrected chi connectivity index (χ1v) is 9.29. The molecule has 1 aromatic carbocycles. The molecule has 0 bridgehead atoms. The van der Waals surface area contributed by atoms with Gasteiger partial charge in [0.25, 0.3) is 0 Å². The number of alkyl halides is 3. The van der Waals surface area contributed by atoms with Crippen LogP contribution in [0.3, 0.4) is 0 Å². The molecule has 2 rings (SSSR count). The number of hydrogen-bond acceptors (Lipinski definition) is 4. The summed E-state index contributed by atoms with van der Waals surface area (Å²) in [5.41, 5.74) is -1.23. The van der Waals surface area contributed by atoms with Gasteiger partial charge in [-0.15, -0.1) is 12.4 Å². The van der Waals surface area contributed by atoms with Gasteiger partial charge in [-0.1, -0.05) is 11.6 Å². The Morgan fingerprint density at radius 2 is 1.96 bits per heavy atom. The summed E-state index contributed by atoms with van der Waals surface area (Å²) in [6.45, 7) is 1.93. The Morgan fingerprint density at radius 1 is 1.31 bits per heavy atom. The minimum Gasteiger partial charge on any atom is -0.356 e. The summed E-state index contributed by atoms with van der Waals surface area (Å²) in [4.78, 5) is 11.0. The van der Waals surface area contributed by atoms with Crippen LogP contribution in [0.1, 0.15) is 12.0 Å². The minimum atomic E-state index is -4.76. The average Bonchev–Trinajstić information content (AvgIpc) is 2.44. The molecule has 0 atom stereocenters. The number of carbonyl (C=O) groups excluding carboxylic acids is 1. The summed E-state index contributed by atoms with van der Waals surface area (Å²) in [7, 11) is -4.18. The number of hydrogen-bond donors (Lipinski definition) is 3. The summed E-state index contributed by atoms with van der Waals surface area (Å²) in [5.74, 6) is 0.0391. The van der Waals surface area contributed by atoms with Crippen molar-refractivity contribution in [1.82, 2.24) is 15.4 Å². The minimum absolute atomic E-state index is 0. The molecule has 148 valence electrons. The van der Waals surface area contributed by atoms with E-state index in [0.29, 0.717) is 18.5 Å². The van der Waals surface area contributed by atoms with E-state index in [2.05, 4.69) is 15.4 Å². The first-order chi connectivity index (χ1) is 11.6. The van der Waals surface area contributed by atoms with Crippen LogP contribution in [-0.4, -0.2) is 40.5 Å². The third-order valence-electron chi connectivity index (χ3n) is 3.65. The summed E-state index contributed by atoms with van der Waals surface area (Å²) >= 11 is 5.46. The number of halogens is 5. The zero-order valence-electron chi connectivity index (χ0n) is 13.4. The lowest BCUT2D eigenvalue weighted by Gasteiger charge is -2.27. The van der Waals surface area contributed by atoms with Crippen molar-refractivity contribution in [2.45, 2.75) is 17.5 Å². The van der Waals surface area contributed by atoms with Crippen LogP contribution in [0.2, 0.25) is 5.02 Å². The van der Waals surface area contributed by atoms with Crippen molar-refractivity contribution in [2.24, 2.45) is 5.92 Å². The molecule has 0 unspecified atom stereocenters. The first kappa shape index (κ1) is 23.0. The fraction of sp³-hybridized carbons (Fsp3) is 0.500. The molecular formula is C14H18Cl2F3N3O3S. The molecule has 1 fully saturated rings. The van der Waals surface area contributed by atoms with Crippen molar-refractivity contribution in [3.8, 4) is 0 Å². The molecule has 0 spiro atoms. The van der Waals surface area contributed by atoms with Crippen molar-refractivity contribution >= 4 is 39.9 Å². The second-order valence-corrected chi connectivity index (χ2v) is 7.79. The molecule has 12 heteroatoms. The number of rotatable bonds is 7. The van der Waals surface area contributed by atoms with Crippen molar-refractivity contribution in [3.05, 3.63) is 28.8 Å². The second kappa shape index (κ2) is 9.23. The highest BCUT2D eigenvalue weighted by molar-refractivity contribution is 7.89. The maximum atomic E-state index is 12.8. The fourth-order valence-corrected chi connectivity index (χ4v) is 3.39. The van der Waals surface area contributed by atoms with Gasteiger partial charge in [0.1, 0.15) is 0 Å². The van der Waals surface area contributed by atoms with E-state index in [1.165, 1.54) is 0 Å². The van der Waals surface area contributed by atoms with Crippen LogP contribution < -0.4 is 15.4 Å². The summed E-state index contributed by atoms with van der Waals surface area (Å²) in [5, 5.41) is 5.13. The molecule has 1 aromatic rings. The number of nitrogens with one attached hydrogen (secondary N) is 3. The van der Waals surface area contributed by atoms with Gasteiger partial charge in [-0.3, -0.25) is 4.79 Å². The van der Waals surface area contributed by atoms with E-state index in [4.69, 9.17) is 11.6 Å². The molecule has 1 aliphatic rings. The quantitative estimate of drug-likeness (QED) is 0.609. The lowest BCUT2D eigenvalue weighted by Crippen LogP contribution is -2.48. The standard InChI is InChI=1S/C14H17ClF3N3O3S.ClH/c15-12-2-1-10(5-11(12)14(16,17)18)25(23,24)21-4-3-13(22)20-8-9-6-19-7-9;/h1-2,5,9,19,21H,3-4,6-8H2,(H,20,22);1H. The van der Waals surface area contributed by atoms with E-state index in [-0.39, 0.29) is 31.3 Å². The molecule has 6 nitrogen and oxygen atoms in total. The van der Waals surface area contributed by atoms with Crippen LogP contribution in [0.5, 0.6) is 0 Å². The zero-order chi connectivity index (χ0) is 18.7. The average molecular weight is 436 g/mol. The fourth-order valence-electron chi connectivity index (χ4n) is 2.11. The van der Waals surface area contributed by atoms with Gasteiger partial charge in [0, 0.05) is 38.5 Å². The van der Waals surface area contributed by atoms with E-state index in [1.54, 1.807) is 0 Å². The van der Waals surface area contributed by atoms with Crippen LogP contribution in [-0.2, 0) is 21.0 Å². The van der Waals surface area contributed by atoms with Gasteiger partial charge in [-0.25, -0.2) is 13.1 Å². The molecule has 0 aliphatic carbocycles. The van der Waals surface area contributed by atoms with E-state index >= 15 is 0 Å². The lowest BCUT2D eigenvalue weighted by atomic mass is 10.0. The number of sulfonamides is 1. The summed E-state index contributed by atoms with van der Waals surface area (Å²) < 4.78 is 64.6. The molecule has 0 radical (unpaired) electrons. The van der Waals surface area contributed by atoms with Gasteiger partial charge in [-0.05, 0) is 18.2 Å². The third-order valence-corrected chi connectivity index (χ3v) is 5.44. The van der Waals surface area contributed by atoms with Gasteiger partial charge in [-0.2, -0.15) is 13.2 Å². The molecule has 26 heavy (non-hydrogen) atoms. The Labute approximate surface area is 160 Å². The van der Waals surface area contributed by atoms with Crippen LogP contribution >= 0.6 is 24.0 Å². The highest BCUT2D eigenvalue weighted by Crippen LogP contribution is 2.35. The Balaban J connectivity index is 0.00000338. The SMILES string of the molecule is Cl.O=C(CCNS(=O)(=O)c1ccc(Cl)c(C(F)(F)F)c1)NCC1CNC1. The number of carbonyl (C=O) groups is 1. The van der Waals surface area contributed by atoms with E-state index in [0.717, 1.165) is 25.2 Å². The largest absolute Gasteiger partial charge is 0.417 e. The number of benzene rings is 1. The molecule has 1 amide bonds. The molecule has 1 saturated heterocycles. The maximum absolute atomic E-state index is 12.8. The molecule has 1 aliphatic heterocycles. The lowest BCUT2D eigenvalue weighted by molar-refractivity contribution is -0.137. The summed E-state index contributed by atoms with van der Waals surface area (Å²) in [6.07, 6.45) is -4.88. The Morgan fingerprint density at radius 3 is 2.50 bits per heavy atom. The predicted molar refractivity (Wildman–Crippen MR) is 92.9 cm³/mol. The van der Waals surface area contributed by atoms with Gasteiger partial charge in [0.2, 0.25) is 15.9 Å². The van der Waals surface area contributed by atoms with Crippen molar-refractivity contribution in [3.63, 3.8) is 0 Å². The van der Waals surface area contributed by atoms with Crippen molar-refractivity contribution in [1.29, 1.82) is 0 Å². The Bertz CT molecular complexity index is 741. The first-order valence-electron chi connectivity index (χ1n) is 7.43. The monoisotopic (exact) mass is 435 g/mol. The predicted octanol–water partition coefficient (Wildman–Crippen LogP) is 1.78. The Kier molecular flexibility index (Phi) is 8.15. The molecule has 0 saturated carbocycles. The van der Waals surface area contributed by atoms with Crippen molar-refractivity contribution in [2.75, 3.05) is 26.2 Å². The zero-order valence-corrected chi connectivity index (χ0v) is 15.8. The second-order valence-electron chi connectivity index (χ2n) is 5.62. The third kappa shape index (κ3) is 6.27. The van der Waals surface area contributed by atoms with Gasteiger partial charge >= 0.3 is 6.18 Å². The summed E-state index contributed by atoms with van der Waals surface area (Å²) in [6, 6.07) is 2.32. The van der Waals surface area contributed by atoms with E-state index in [9.17, 15) is 26.4 Å².